The van der Waals surface area contributed by atoms with E-state index in [0.29, 0.717) is 25.4 Å². The molecule has 0 aromatic carbocycles. The minimum Gasteiger partial charge on any atom is -0.298 e. The van der Waals surface area contributed by atoms with Crippen LogP contribution in [0.15, 0.2) is 0 Å². The molecule has 48 heavy (non-hydrogen) atoms. The first-order valence-electron chi connectivity index (χ1n) is 20.3. The summed E-state index contributed by atoms with van der Waals surface area (Å²) in [6, 6.07) is 0. The van der Waals surface area contributed by atoms with Crippen LogP contribution in [-0.4, -0.2) is 24.5 Å². The molecule has 0 aromatic rings. The van der Waals surface area contributed by atoms with Crippen molar-refractivity contribution in [3.05, 3.63) is 0 Å². The van der Waals surface area contributed by atoms with Gasteiger partial charge < -0.3 is 0 Å². The summed E-state index contributed by atoms with van der Waals surface area (Å²) in [4.78, 5) is 54.8. The van der Waals surface area contributed by atoms with E-state index >= 15 is 0 Å². The highest BCUT2D eigenvalue weighted by Crippen LogP contribution is 2.30. The number of hydrogen-bond acceptors (Lipinski definition) is 7. The molecule has 0 fully saturated rings. The third-order valence-electron chi connectivity index (χ3n) is 9.45. The summed E-state index contributed by atoms with van der Waals surface area (Å²) in [5, 5.41) is 0. The molecular formula is C41H80O7. The van der Waals surface area contributed by atoms with Crippen molar-refractivity contribution >= 4 is 17.9 Å². The van der Waals surface area contributed by atoms with Gasteiger partial charge in [0.2, 0.25) is 0 Å². The van der Waals surface area contributed by atoms with E-state index in [1.165, 1.54) is 89.9 Å². The van der Waals surface area contributed by atoms with Gasteiger partial charge in [-0.1, -0.05) is 164 Å². The van der Waals surface area contributed by atoms with E-state index in [-0.39, 0.29) is 5.97 Å². The van der Waals surface area contributed by atoms with Crippen molar-refractivity contribution in [2.75, 3.05) is 6.61 Å². The van der Waals surface area contributed by atoms with Gasteiger partial charge in [0, 0.05) is 0 Å². The Kier molecular flexibility index (Phi) is 35.6. The van der Waals surface area contributed by atoms with Crippen LogP contribution >= 0.6 is 0 Å². The first-order valence-corrected chi connectivity index (χ1v) is 20.3. The van der Waals surface area contributed by atoms with Gasteiger partial charge in [-0.05, 0) is 57.8 Å². The predicted molar refractivity (Wildman–Crippen MR) is 199 cm³/mol. The molecule has 0 saturated heterocycles. The van der Waals surface area contributed by atoms with E-state index < -0.39 is 17.4 Å². The Morgan fingerprint density at radius 3 is 1.29 bits per heavy atom. The smallest absolute Gasteiger partial charge is 0.298 e. The van der Waals surface area contributed by atoms with Gasteiger partial charge in [-0.15, -0.1) is 0 Å². The molecule has 0 aliphatic carbocycles. The zero-order chi connectivity index (χ0) is 36.3. The SMILES string of the molecule is CCCCC(CC)CCC(C)(C)C(=O)OOCC(CC)CCCC.CCCCCCCCCC(=O)OOC(=O)CCCCCCCCC. The summed E-state index contributed by atoms with van der Waals surface area (Å²) < 4.78 is 0. The van der Waals surface area contributed by atoms with Crippen LogP contribution in [0.2, 0.25) is 0 Å². The Morgan fingerprint density at radius 2 is 0.875 bits per heavy atom. The van der Waals surface area contributed by atoms with Crippen molar-refractivity contribution in [3.8, 4) is 0 Å². The van der Waals surface area contributed by atoms with Gasteiger partial charge >= 0.3 is 17.9 Å². The average Bonchev–Trinajstić information content (AvgIpc) is 3.08. The molecule has 2 unspecified atom stereocenters. The number of rotatable bonds is 31. The van der Waals surface area contributed by atoms with Crippen LogP contribution in [0.1, 0.15) is 222 Å². The molecule has 0 radical (unpaired) electrons. The summed E-state index contributed by atoms with van der Waals surface area (Å²) in [6.07, 6.45) is 28.3. The Bertz CT molecular complexity index is 706. The van der Waals surface area contributed by atoms with Gasteiger partial charge in [0.15, 0.2) is 0 Å². The summed E-state index contributed by atoms with van der Waals surface area (Å²) in [5.74, 6) is 0.113. The van der Waals surface area contributed by atoms with E-state index in [9.17, 15) is 14.4 Å². The molecule has 0 heterocycles. The zero-order valence-electron chi connectivity index (χ0n) is 33.1. The number of unbranched alkanes of at least 4 members (excludes halogenated alkanes) is 14. The highest BCUT2D eigenvalue weighted by molar-refractivity contribution is 5.75. The normalized spacial score (nSPS) is 12.5. The van der Waals surface area contributed by atoms with Crippen LogP contribution in [0.3, 0.4) is 0 Å². The Morgan fingerprint density at radius 1 is 0.479 bits per heavy atom. The van der Waals surface area contributed by atoms with Crippen molar-refractivity contribution in [1.82, 2.24) is 0 Å². The van der Waals surface area contributed by atoms with E-state index in [1.54, 1.807) is 0 Å². The lowest BCUT2D eigenvalue weighted by Crippen LogP contribution is -2.28. The molecule has 0 saturated carbocycles. The van der Waals surface area contributed by atoms with Crippen LogP contribution in [-0.2, 0) is 33.9 Å². The molecule has 0 spiro atoms. The van der Waals surface area contributed by atoms with Crippen LogP contribution in [0.4, 0.5) is 0 Å². The molecule has 7 heteroatoms. The van der Waals surface area contributed by atoms with E-state index in [0.717, 1.165) is 70.1 Å². The second-order valence-corrected chi connectivity index (χ2v) is 14.6. The van der Waals surface area contributed by atoms with Crippen LogP contribution in [0, 0.1) is 17.3 Å². The molecule has 0 bridgehead atoms. The highest BCUT2D eigenvalue weighted by atomic mass is 17.2. The second kappa shape index (κ2) is 35.2. The van der Waals surface area contributed by atoms with Crippen molar-refractivity contribution in [2.45, 2.75) is 222 Å². The molecule has 286 valence electrons. The molecule has 0 N–H and O–H groups in total. The predicted octanol–water partition coefficient (Wildman–Crippen LogP) is 13.0. The summed E-state index contributed by atoms with van der Waals surface area (Å²) in [5.41, 5.74) is -0.467. The maximum atomic E-state index is 12.3. The molecule has 0 amide bonds. The number of carbonyl (C=O) groups is 3. The van der Waals surface area contributed by atoms with Gasteiger partial charge in [0.25, 0.3) is 0 Å². The van der Waals surface area contributed by atoms with Gasteiger partial charge in [0.05, 0.1) is 24.9 Å². The third kappa shape index (κ3) is 31.6. The first-order chi connectivity index (χ1) is 23.1. The highest BCUT2D eigenvalue weighted by Gasteiger charge is 2.31. The van der Waals surface area contributed by atoms with Crippen LogP contribution in [0.25, 0.3) is 0 Å². The van der Waals surface area contributed by atoms with Gasteiger partial charge in [-0.25, -0.2) is 24.2 Å². The monoisotopic (exact) mass is 685 g/mol. The largest absolute Gasteiger partial charge is 0.355 e. The van der Waals surface area contributed by atoms with Crippen molar-refractivity contribution < 1.29 is 33.9 Å². The van der Waals surface area contributed by atoms with Crippen molar-refractivity contribution in [3.63, 3.8) is 0 Å². The first kappa shape index (κ1) is 48.5. The second-order valence-electron chi connectivity index (χ2n) is 14.6. The average molecular weight is 685 g/mol. The zero-order valence-corrected chi connectivity index (χ0v) is 33.1. The molecule has 7 nitrogen and oxygen atoms in total. The number of hydrogen-bond donors (Lipinski definition) is 0. The minimum absolute atomic E-state index is 0.224. The third-order valence-corrected chi connectivity index (χ3v) is 9.45. The Labute approximate surface area is 297 Å². The lowest BCUT2D eigenvalue weighted by atomic mass is 9.83. The maximum Gasteiger partial charge on any atom is 0.355 e. The fraction of sp³-hybridized carbons (Fsp3) is 0.927. The quantitative estimate of drug-likeness (QED) is 0.0408. The lowest BCUT2D eigenvalue weighted by Gasteiger charge is -2.24. The molecular weight excluding hydrogens is 604 g/mol. The minimum atomic E-state index is -0.467. The molecule has 0 rings (SSSR count). The summed E-state index contributed by atoms with van der Waals surface area (Å²) in [7, 11) is 0. The maximum absolute atomic E-state index is 12.3. The van der Waals surface area contributed by atoms with Gasteiger partial charge in [-0.2, -0.15) is 4.89 Å². The van der Waals surface area contributed by atoms with Crippen molar-refractivity contribution in [1.29, 1.82) is 0 Å². The number of carbonyl (C=O) groups excluding carboxylic acids is 3. The van der Waals surface area contributed by atoms with Gasteiger partial charge in [0.1, 0.15) is 0 Å². The summed E-state index contributed by atoms with van der Waals surface area (Å²) in [6.45, 7) is 17.7. The molecule has 0 aliphatic heterocycles. The molecule has 0 aromatic heterocycles. The van der Waals surface area contributed by atoms with Crippen LogP contribution < -0.4 is 0 Å². The topological polar surface area (TPSA) is 88.1 Å². The standard InChI is InChI=1S/C21H42O3.C20H38O4/c1-7-11-13-18(9-3)15-16-21(5,6)20(22)24-23-17-19(10-4)14-12-8-2;1-3-5-7-9-11-13-15-17-19(21)23-24-20(22)18-16-14-12-10-8-6-4-2/h18-19H,7-17H2,1-6H3;3-18H2,1-2H3. The Hall–Kier alpha value is -1.63. The fourth-order valence-corrected chi connectivity index (χ4v) is 5.54. The molecule has 2 atom stereocenters. The molecule has 0 aliphatic rings. The lowest BCUT2D eigenvalue weighted by molar-refractivity contribution is -0.286. The Balaban J connectivity index is 0. The van der Waals surface area contributed by atoms with Gasteiger partial charge in [-0.3, -0.25) is 4.89 Å². The van der Waals surface area contributed by atoms with Crippen LogP contribution in [0.5, 0.6) is 0 Å². The van der Waals surface area contributed by atoms with E-state index in [1.807, 2.05) is 13.8 Å². The fourth-order valence-electron chi connectivity index (χ4n) is 5.54. The van der Waals surface area contributed by atoms with E-state index in [4.69, 9.17) is 9.78 Å². The summed E-state index contributed by atoms with van der Waals surface area (Å²) >= 11 is 0. The van der Waals surface area contributed by atoms with E-state index in [2.05, 4.69) is 51.3 Å². The van der Waals surface area contributed by atoms with Crippen molar-refractivity contribution in [2.24, 2.45) is 17.3 Å².